The molecule has 0 aliphatic rings. The molecule has 0 spiro atoms. The predicted molar refractivity (Wildman–Crippen MR) is 56.8 cm³/mol. The Morgan fingerprint density at radius 2 is 2.06 bits per heavy atom. The molecular weight excluding hydrogens is 214 g/mol. The summed E-state index contributed by atoms with van der Waals surface area (Å²) in [4.78, 5) is 10.8. The van der Waals surface area contributed by atoms with Gasteiger partial charge in [-0.1, -0.05) is 12.2 Å². The van der Waals surface area contributed by atoms with E-state index < -0.39 is 17.6 Å². The van der Waals surface area contributed by atoms with Crippen molar-refractivity contribution in [2.24, 2.45) is 0 Å². The van der Waals surface area contributed by atoms with E-state index in [-0.39, 0.29) is 12.0 Å². The quantitative estimate of drug-likeness (QED) is 0.741. The lowest BCUT2D eigenvalue weighted by Crippen LogP contribution is -1.96. The lowest BCUT2D eigenvalue weighted by atomic mass is 10.1. The summed E-state index contributed by atoms with van der Waals surface area (Å²) in [6.45, 7) is 1.55. The van der Waals surface area contributed by atoms with Crippen LogP contribution >= 0.6 is 0 Å². The second-order valence-electron chi connectivity index (χ2n) is 3.31. The average molecular weight is 226 g/mol. The highest BCUT2D eigenvalue weighted by atomic mass is 19.1. The number of aryl methyl sites for hydroxylation is 1. The van der Waals surface area contributed by atoms with Gasteiger partial charge >= 0.3 is 5.97 Å². The summed E-state index contributed by atoms with van der Waals surface area (Å²) >= 11 is 0. The van der Waals surface area contributed by atoms with Gasteiger partial charge in [0, 0.05) is 11.6 Å². The zero-order valence-electron chi connectivity index (χ0n) is 9.09. The number of carbonyl (C=O) groups excluding carboxylic acids is 1. The molecule has 0 aliphatic carbocycles. The maximum Gasteiger partial charge on any atom is 0.309 e. The Bertz CT molecular complexity index is 425. The summed E-state index contributed by atoms with van der Waals surface area (Å²) in [7, 11) is 1.28. The molecule has 0 saturated heterocycles. The van der Waals surface area contributed by atoms with E-state index in [9.17, 15) is 13.6 Å². The summed E-state index contributed by atoms with van der Waals surface area (Å²) in [6.07, 6.45) is 2.96. The standard InChI is InChI=1S/C12H12F2O2/c1-8-6-9(11(14)7-10(8)13)4-3-5-12(15)16-2/h3-4,6-7H,5H2,1-2H3. The fraction of sp³-hybridized carbons (Fsp3) is 0.250. The summed E-state index contributed by atoms with van der Waals surface area (Å²) in [6, 6.07) is 2.21. The van der Waals surface area contributed by atoms with Crippen LogP contribution < -0.4 is 0 Å². The van der Waals surface area contributed by atoms with Gasteiger partial charge in [0.2, 0.25) is 0 Å². The van der Waals surface area contributed by atoms with E-state index in [1.165, 1.54) is 25.3 Å². The lowest BCUT2D eigenvalue weighted by molar-refractivity contribution is -0.139. The molecule has 1 aromatic carbocycles. The van der Waals surface area contributed by atoms with Crippen molar-refractivity contribution in [2.75, 3.05) is 7.11 Å². The van der Waals surface area contributed by atoms with E-state index in [1.54, 1.807) is 6.92 Å². The number of esters is 1. The van der Waals surface area contributed by atoms with Crippen molar-refractivity contribution in [3.8, 4) is 0 Å². The van der Waals surface area contributed by atoms with Crippen molar-refractivity contribution in [1.29, 1.82) is 0 Å². The molecule has 4 heteroatoms. The van der Waals surface area contributed by atoms with E-state index in [0.29, 0.717) is 5.56 Å². The van der Waals surface area contributed by atoms with Crippen LogP contribution in [0.15, 0.2) is 18.2 Å². The highest BCUT2D eigenvalue weighted by Crippen LogP contribution is 2.15. The Hall–Kier alpha value is -1.71. The maximum absolute atomic E-state index is 13.2. The minimum Gasteiger partial charge on any atom is -0.469 e. The zero-order chi connectivity index (χ0) is 12.1. The fourth-order valence-electron chi connectivity index (χ4n) is 1.17. The number of hydrogen-bond acceptors (Lipinski definition) is 2. The molecule has 0 unspecified atom stereocenters. The molecule has 1 rings (SSSR count). The van der Waals surface area contributed by atoms with Gasteiger partial charge in [-0.25, -0.2) is 8.78 Å². The van der Waals surface area contributed by atoms with Crippen LogP contribution in [0.5, 0.6) is 0 Å². The molecule has 0 N–H and O–H groups in total. The molecule has 0 heterocycles. The SMILES string of the molecule is COC(=O)CC=Cc1cc(C)c(F)cc1F. The molecule has 1 aromatic rings. The van der Waals surface area contributed by atoms with Crippen LogP contribution in [0.1, 0.15) is 17.5 Å². The van der Waals surface area contributed by atoms with Crippen molar-refractivity contribution >= 4 is 12.0 Å². The van der Waals surface area contributed by atoms with Gasteiger partial charge in [0.1, 0.15) is 11.6 Å². The zero-order valence-corrected chi connectivity index (χ0v) is 9.09. The number of methoxy groups -OCH3 is 1. The third kappa shape index (κ3) is 3.15. The van der Waals surface area contributed by atoms with Crippen molar-refractivity contribution < 1.29 is 18.3 Å². The van der Waals surface area contributed by atoms with Crippen molar-refractivity contribution in [2.45, 2.75) is 13.3 Å². The van der Waals surface area contributed by atoms with Gasteiger partial charge in [-0.2, -0.15) is 0 Å². The Labute approximate surface area is 92.5 Å². The van der Waals surface area contributed by atoms with Crippen LogP contribution in [0.2, 0.25) is 0 Å². The molecule has 0 bridgehead atoms. The van der Waals surface area contributed by atoms with Crippen LogP contribution in [0.25, 0.3) is 6.08 Å². The Morgan fingerprint density at radius 1 is 1.38 bits per heavy atom. The first-order chi connectivity index (χ1) is 7.54. The number of benzene rings is 1. The van der Waals surface area contributed by atoms with E-state index in [2.05, 4.69) is 4.74 Å². The molecular formula is C12H12F2O2. The second kappa shape index (κ2) is 5.39. The van der Waals surface area contributed by atoms with Gasteiger partial charge in [-0.3, -0.25) is 4.79 Å². The molecule has 0 fully saturated rings. The monoisotopic (exact) mass is 226 g/mol. The number of ether oxygens (including phenoxy) is 1. The summed E-state index contributed by atoms with van der Waals surface area (Å²) in [5, 5.41) is 0. The molecule has 2 nitrogen and oxygen atoms in total. The number of halogens is 2. The molecule has 0 aliphatic heterocycles. The predicted octanol–water partition coefficient (Wildman–Crippen LogP) is 2.85. The van der Waals surface area contributed by atoms with Crippen LogP contribution in [0.3, 0.4) is 0 Å². The molecule has 0 aromatic heterocycles. The Morgan fingerprint density at radius 3 is 2.69 bits per heavy atom. The van der Waals surface area contributed by atoms with E-state index >= 15 is 0 Å². The van der Waals surface area contributed by atoms with Crippen LogP contribution in [-0.4, -0.2) is 13.1 Å². The van der Waals surface area contributed by atoms with E-state index in [4.69, 9.17) is 0 Å². The van der Waals surface area contributed by atoms with Gasteiger partial charge in [0.15, 0.2) is 0 Å². The van der Waals surface area contributed by atoms with Crippen LogP contribution in [0, 0.1) is 18.6 Å². The number of hydrogen-bond donors (Lipinski definition) is 0. The van der Waals surface area contributed by atoms with Crippen LogP contribution in [-0.2, 0) is 9.53 Å². The summed E-state index contributed by atoms with van der Waals surface area (Å²) in [5.74, 6) is -1.64. The first-order valence-electron chi connectivity index (χ1n) is 4.73. The fourth-order valence-corrected chi connectivity index (χ4v) is 1.17. The summed E-state index contributed by atoms with van der Waals surface area (Å²) in [5.41, 5.74) is 0.613. The highest BCUT2D eigenvalue weighted by molar-refractivity contribution is 5.72. The largest absolute Gasteiger partial charge is 0.469 e. The molecule has 0 saturated carbocycles. The van der Waals surface area contributed by atoms with Crippen LogP contribution in [0.4, 0.5) is 8.78 Å². The topological polar surface area (TPSA) is 26.3 Å². The van der Waals surface area contributed by atoms with Gasteiger partial charge < -0.3 is 4.74 Å². The Balaban J connectivity index is 2.81. The minimum atomic E-state index is -0.649. The minimum absolute atomic E-state index is 0.0619. The van der Waals surface area contributed by atoms with Crippen molar-refractivity contribution in [3.63, 3.8) is 0 Å². The molecule has 0 amide bonds. The lowest BCUT2D eigenvalue weighted by Gasteiger charge is -2.00. The average Bonchev–Trinajstić information content (AvgIpc) is 2.25. The highest BCUT2D eigenvalue weighted by Gasteiger charge is 2.04. The molecule has 0 radical (unpaired) electrons. The molecule has 16 heavy (non-hydrogen) atoms. The van der Waals surface area contributed by atoms with E-state index in [1.807, 2.05) is 0 Å². The third-order valence-corrected chi connectivity index (χ3v) is 2.09. The van der Waals surface area contributed by atoms with E-state index in [0.717, 1.165) is 6.07 Å². The molecule has 0 atom stereocenters. The molecule has 86 valence electrons. The van der Waals surface area contributed by atoms with Crippen molar-refractivity contribution in [1.82, 2.24) is 0 Å². The normalized spacial score (nSPS) is 10.8. The first-order valence-corrected chi connectivity index (χ1v) is 4.73. The van der Waals surface area contributed by atoms with Crippen molar-refractivity contribution in [3.05, 3.63) is 41.0 Å². The maximum atomic E-state index is 13.2. The second-order valence-corrected chi connectivity index (χ2v) is 3.31. The number of carbonyl (C=O) groups is 1. The summed E-state index contributed by atoms with van der Waals surface area (Å²) < 4.78 is 30.6. The number of rotatable bonds is 3. The van der Waals surface area contributed by atoms with Gasteiger partial charge in [-0.15, -0.1) is 0 Å². The third-order valence-electron chi connectivity index (χ3n) is 2.09. The first kappa shape index (κ1) is 12.4. The van der Waals surface area contributed by atoms with Gasteiger partial charge in [0.05, 0.1) is 13.5 Å². The smallest absolute Gasteiger partial charge is 0.309 e. The van der Waals surface area contributed by atoms with Gasteiger partial charge in [0.25, 0.3) is 0 Å². The van der Waals surface area contributed by atoms with Gasteiger partial charge in [-0.05, 0) is 18.6 Å². The Kier molecular flexibility index (Phi) is 4.17.